The van der Waals surface area contributed by atoms with E-state index in [1.54, 1.807) is 12.1 Å². The Hall–Kier alpha value is -1.01. The normalized spacial score (nSPS) is 18.7. The highest BCUT2D eigenvalue weighted by molar-refractivity contribution is 6.42. The van der Waals surface area contributed by atoms with Gasteiger partial charge in [0.25, 0.3) is 5.91 Å². The van der Waals surface area contributed by atoms with Gasteiger partial charge in [0.15, 0.2) is 0 Å². The quantitative estimate of drug-likeness (QED) is 0.811. The SMILES string of the molecule is Cl.O=C(NCC(=O)N1CCC2(CCNC2)CC1)c1ccc(Cl)c(Cl)c1. The third kappa shape index (κ3) is 4.79. The van der Waals surface area contributed by atoms with Crippen LogP contribution in [0.15, 0.2) is 18.2 Å². The fraction of sp³-hybridized carbons (Fsp3) is 0.529. The van der Waals surface area contributed by atoms with Crippen molar-refractivity contribution in [3.8, 4) is 0 Å². The summed E-state index contributed by atoms with van der Waals surface area (Å²) in [5.74, 6) is -0.361. The van der Waals surface area contributed by atoms with Crippen molar-refractivity contribution in [2.45, 2.75) is 19.3 Å². The summed E-state index contributed by atoms with van der Waals surface area (Å²) in [6.07, 6.45) is 3.27. The molecule has 8 heteroatoms. The van der Waals surface area contributed by atoms with E-state index in [0.717, 1.165) is 39.0 Å². The van der Waals surface area contributed by atoms with Gasteiger partial charge in [-0.05, 0) is 49.4 Å². The molecule has 2 saturated heterocycles. The van der Waals surface area contributed by atoms with Crippen LogP contribution in [0, 0.1) is 5.41 Å². The lowest BCUT2D eigenvalue weighted by Crippen LogP contribution is -2.47. The third-order valence-corrected chi connectivity index (χ3v) is 5.83. The van der Waals surface area contributed by atoms with Gasteiger partial charge in [0.05, 0.1) is 16.6 Å². The Kier molecular flexibility index (Phi) is 6.97. The van der Waals surface area contributed by atoms with Crippen molar-refractivity contribution in [3.63, 3.8) is 0 Å². The maximum absolute atomic E-state index is 12.3. The molecule has 2 amide bonds. The summed E-state index contributed by atoms with van der Waals surface area (Å²) in [7, 11) is 0. The number of nitrogens with zero attached hydrogens (tertiary/aromatic N) is 1. The van der Waals surface area contributed by atoms with Gasteiger partial charge in [-0.3, -0.25) is 9.59 Å². The predicted molar refractivity (Wildman–Crippen MR) is 102 cm³/mol. The van der Waals surface area contributed by atoms with Gasteiger partial charge in [-0.25, -0.2) is 0 Å². The van der Waals surface area contributed by atoms with E-state index in [2.05, 4.69) is 10.6 Å². The average Bonchev–Trinajstić information content (AvgIpc) is 3.03. The molecule has 5 nitrogen and oxygen atoms in total. The van der Waals surface area contributed by atoms with E-state index in [1.165, 1.54) is 12.5 Å². The summed E-state index contributed by atoms with van der Waals surface area (Å²) in [5, 5.41) is 6.79. The topological polar surface area (TPSA) is 61.4 Å². The van der Waals surface area contributed by atoms with Crippen LogP contribution < -0.4 is 10.6 Å². The van der Waals surface area contributed by atoms with E-state index < -0.39 is 0 Å². The molecule has 0 radical (unpaired) electrons. The molecule has 0 atom stereocenters. The number of piperidine rings is 1. The second kappa shape index (κ2) is 8.58. The van der Waals surface area contributed by atoms with Crippen molar-refractivity contribution >= 4 is 47.4 Å². The van der Waals surface area contributed by atoms with Crippen molar-refractivity contribution in [2.24, 2.45) is 5.41 Å². The van der Waals surface area contributed by atoms with Crippen LogP contribution in [0.1, 0.15) is 29.6 Å². The minimum atomic E-state index is -0.324. The number of nitrogens with one attached hydrogen (secondary N) is 2. The summed E-state index contributed by atoms with van der Waals surface area (Å²) in [4.78, 5) is 26.3. The summed E-state index contributed by atoms with van der Waals surface area (Å²) < 4.78 is 0. The highest BCUT2D eigenvalue weighted by Gasteiger charge is 2.37. The Morgan fingerprint density at radius 2 is 1.88 bits per heavy atom. The second-order valence-electron chi connectivity index (χ2n) is 6.62. The van der Waals surface area contributed by atoms with E-state index in [-0.39, 0.29) is 30.8 Å². The first kappa shape index (κ1) is 20.3. The van der Waals surface area contributed by atoms with Gasteiger partial charge in [0, 0.05) is 25.2 Å². The third-order valence-electron chi connectivity index (χ3n) is 5.09. The highest BCUT2D eigenvalue weighted by atomic mass is 35.5. The highest BCUT2D eigenvalue weighted by Crippen LogP contribution is 2.36. The average molecular weight is 407 g/mol. The van der Waals surface area contributed by atoms with Crippen molar-refractivity contribution in [2.75, 3.05) is 32.7 Å². The van der Waals surface area contributed by atoms with Gasteiger partial charge in [0.1, 0.15) is 0 Å². The van der Waals surface area contributed by atoms with Crippen molar-refractivity contribution in [1.82, 2.24) is 15.5 Å². The first-order valence-electron chi connectivity index (χ1n) is 8.21. The zero-order valence-electron chi connectivity index (χ0n) is 13.8. The maximum atomic E-state index is 12.3. The van der Waals surface area contributed by atoms with Crippen LogP contribution in [0.2, 0.25) is 10.0 Å². The molecule has 1 aromatic rings. The van der Waals surface area contributed by atoms with Crippen LogP contribution in [0.3, 0.4) is 0 Å². The maximum Gasteiger partial charge on any atom is 0.251 e. The smallest absolute Gasteiger partial charge is 0.251 e. The van der Waals surface area contributed by atoms with E-state index in [0.29, 0.717) is 21.0 Å². The Balaban J connectivity index is 0.00000225. The minimum Gasteiger partial charge on any atom is -0.343 e. The van der Waals surface area contributed by atoms with Gasteiger partial charge in [-0.1, -0.05) is 23.2 Å². The van der Waals surface area contributed by atoms with Crippen molar-refractivity contribution in [3.05, 3.63) is 33.8 Å². The summed E-state index contributed by atoms with van der Waals surface area (Å²) in [6, 6.07) is 4.66. The monoisotopic (exact) mass is 405 g/mol. The van der Waals surface area contributed by atoms with Crippen LogP contribution in [-0.4, -0.2) is 49.4 Å². The van der Waals surface area contributed by atoms with Crippen LogP contribution in [-0.2, 0) is 4.79 Å². The molecule has 1 aromatic carbocycles. The fourth-order valence-corrected chi connectivity index (χ4v) is 3.76. The van der Waals surface area contributed by atoms with Gasteiger partial charge < -0.3 is 15.5 Å². The molecule has 2 heterocycles. The van der Waals surface area contributed by atoms with E-state index in [1.807, 2.05) is 4.90 Å². The molecule has 0 saturated carbocycles. The van der Waals surface area contributed by atoms with Crippen LogP contribution in [0.4, 0.5) is 0 Å². The number of benzene rings is 1. The molecule has 0 unspecified atom stereocenters. The first-order chi connectivity index (χ1) is 11.5. The van der Waals surface area contributed by atoms with Gasteiger partial charge in [-0.15, -0.1) is 12.4 Å². The van der Waals surface area contributed by atoms with Gasteiger partial charge in [-0.2, -0.15) is 0 Å². The lowest BCUT2D eigenvalue weighted by molar-refractivity contribution is -0.132. The molecular formula is C17H22Cl3N3O2. The Morgan fingerprint density at radius 1 is 1.16 bits per heavy atom. The van der Waals surface area contributed by atoms with Crippen LogP contribution in [0.5, 0.6) is 0 Å². The molecule has 138 valence electrons. The molecule has 1 spiro atoms. The largest absolute Gasteiger partial charge is 0.343 e. The van der Waals surface area contributed by atoms with Gasteiger partial charge >= 0.3 is 0 Å². The molecule has 2 N–H and O–H groups in total. The minimum absolute atomic E-state index is 0. The summed E-state index contributed by atoms with van der Waals surface area (Å²) in [6.45, 7) is 3.67. The van der Waals surface area contributed by atoms with Crippen molar-refractivity contribution < 1.29 is 9.59 Å². The molecule has 0 bridgehead atoms. The number of hydrogen-bond donors (Lipinski definition) is 2. The lowest BCUT2D eigenvalue weighted by atomic mass is 9.78. The molecule has 2 fully saturated rings. The van der Waals surface area contributed by atoms with E-state index in [4.69, 9.17) is 23.2 Å². The van der Waals surface area contributed by atoms with E-state index >= 15 is 0 Å². The molecule has 2 aliphatic heterocycles. The molecule has 25 heavy (non-hydrogen) atoms. The zero-order valence-corrected chi connectivity index (χ0v) is 16.1. The summed E-state index contributed by atoms with van der Waals surface area (Å²) in [5.41, 5.74) is 0.770. The molecular weight excluding hydrogens is 385 g/mol. The lowest BCUT2D eigenvalue weighted by Gasteiger charge is -2.38. The predicted octanol–water partition coefficient (Wildman–Crippen LogP) is 2.75. The number of rotatable bonds is 3. The Bertz CT molecular complexity index is 638. The number of carbonyl (C=O) groups is 2. The summed E-state index contributed by atoms with van der Waals surface area (Å²) >= 11 is 11.7. The molecule has 2 aliphatic rings. The second-order valence-corrected chi connectivity index (χ2v) is 7.43. The Morgan fingerprint density at radius 3 is 2.48 bits per heavy atom. The van der Waals surface area contributed by atoms with Gasteiger partial charge in [0.2, 0.25) is 5.91 Å². The zero-order chi connectivity index (χ0) is 17.2. The first-order valence-corrected chi connectivity index (χ1v) is 8.96. The number of amides is 2. The number of likely N-dealkylation sites (tertiary alicyclic amines) is 1. The Labute approximate surface area is 163 Å². The van der Waals surface area contributed by atoms with Crippen molar-refractivity contribution in [1.29, 1.82) is 0 Å². The van der Waals surface area contributed by atoms with E-state index in [9.17, 15) is 9.59 Å². The number of carbonyl (C=O) groups excluding carboxylic acids is 2. The van der Waals surface area contributed by atoms with Crippen LogP contribution >= 0.6 is 35.6 Å². The van der Waals surface area contributed by atoms with Crippen LogP contribution in [0.25, 0.3) is 0 Å². The molecule has 0 aromatic heterocycles. The number of halogens is 3. The number of hydrogen-bond acceptors (Lipinski definition) is 3. The standard InChI is InChI=1S/C17H21Cl2N3O2.ClH/c18-13-2-1-12(9-14(13)19)16(24)21-10-15(23)22-7-4-17(5-8-22)3-6-20-11-17;/h1-2,9,20H,3-8,10-11H2,(H,21,24);1H. The fourth-order valence-electron chi connectivity index (χ4n) is 3.46. The molecule has 3 rings (SSSR count). The molecule has 0 aliphatic carbocycles.